The van der Waals surface area contributed by atoms with Crippen molar-refractivity contribution in [1.29, 1.82) is 0 Å². The summed E-state index contributed by atoms with van der Waals surface area (Å²) in [6, 6.07) is 19.7. The van der Waals surface area contributed by atoms with Gasteiger partial charge in [-0.15, -0.1) is 0 Å². The zero-order chi connectivity index (χ0) is 20.4. The molecule has 0 unspecified atom stereocenters. The van der Waals surface area contributed by atoms with Gasteiger partial charge in [0.25, 0.3) is 5.56 Å². The number of aryl methyl sites for hydroxylation is 1. The Hall–Kier alpha value is -3.93. The first-order chi connectivity index (χ1) is 14.1. The molecule has 2 heterocycles. The van der Waals surface area contributed by atoms with Crippen molar-refractivity contribution in [2.24, 2.45) is 4.99 Å². The molecule has 4 aromatic rings. The Kier molecular flexibility index (Phi) is 4.83. The van der Waals surface area contributed by atoms with Crippen molar-refractivity contribution in [3.8, 4) is 17.3 Å². The van der Waals surface area contributed by atoms with Crippen LogP contribution in [-0.4, -0.2) is 28.0 Å². The van der Waals surface area contributed by atoms with E-state index in [1.165, 1.54) is 17.9 Å². The Bertz CT molecular complexity index is 1290. The van der Waals surface area contributed by atoms with Gasteiger partial charge in [0, 0.05) is 22.7 Å². The van der Waals surface area contributed by atoms with Crippen LogP contribution in [0.4, 0.5) is 5.82 Å². The summed E-state index contributed by atoms with van der Waals surface area (Å²) in [7, 11) is 1.52. The quantitative estimate of drug-likeness (QED) is 0.535. The highest BCUT2D eigenvalue weighted by Gasteiger charge is 2.18. The van der Waals surface area contributed by atoms with Crippen molar-refractivity contribution >= 4 is 22.8 Å². The summed E-state index contributed by atoms with van der Waals surface area (Å²) >= 11 is 0. The summed E-state index contributed by atoms with van der Waals surface area (Å²) in [4.78, 5) is 21.9. The molecule has 0 radical (unpaired) electrons. The normalized spacial score (nSPS) is 11.2. The number of aromatic nitrogens is 2. The summed E-state index contributed by atoms with van der Waals surface area (Å²) in [6.07, 6.45) is 1.53. The van der Waals surface area contributed by atoms with Crippen molar-refractivity contribution in [3.05, 3.63) is 88.3 Å². The maximum Gasteiger partial charge on any atom is 0.265 e. The molecule has 0 atom stereocenters. The number of benzene rings is 2. The van der Waals surface area contributed by atoms with Gasteiger partial charge in [-0.05, 0) is 37.3 Å². The van der Waals surface area contributed by atoms with Crippen LogP contribution in [0.5, 0.6) is 11.6 Å². The van der Waals surface area contributed by atoms with Crippen LogP contribution < -0.4 is 10.3 Å². The van der Waals surface area contributed by atoms with Gasteiger partial charge in [-0.1, -0.05) is 36.4 Å². The van der Waals surface area contributed by atoms with Crippen molar-refractivity contribution in [1.82, 2.24) is 9.55 Å². The molecule has 0 aliphatic carbocycles. The highest BCUT2D eigenvalue weighted by atomic mass is 16.5. The molecular formula is C23H19N3O3. The SMILES string of the molecule is COc1ccccc1-n1c(O)c(/C=N/c2cccc(C)n2)c2ccccc2c1=O. The first-order valence-corrected chi connectivity index (χ1v) is 9.08. The van der Waals surface area contributed by atoms with E-state index in [1.54, 1.807) is 48.5 Å². The van der Waals surface area contributed by atoms with E-state index in [2.05, 4.69) is 9.98 Å². The third-order valence-corrected chi connectivity index (χ3v) is 4.63. The summed E-state index contributed by atoms with van der Waals surface area (Å²) in [5.74, 6) is 0.779. The van der Waals surface area contributed by atoms with Gasteiger partial charge < -0.3 is 9.84 Å². The predicted molar refractivity (Wildman–Crippen MR) is 114 cm³/mol. The molecule has 2 aromatic carbocycles. The number of aliphatic imine (C=N–C) groups is 1. The lowest BCUT2D eigenvalue weighted by Crippen LogP contribution is -2.20. The van der Waals surface area contributed by atoms with E-state index in [0.717, 1.165) is 5.69 Å². The van der Waals surface area contributed by atoms with E-state index in [1.807, 2.05) is 25.1 Å². The minimum atomic E-state index is -0.339. The molecule has 6 heteroatoms. The smallest absolute Gasteiger partial charge is 0.265 e. The van der Waals surface area contributed by atoms with Crippen LogP contribution in [0.25, 0.3) is 16.5 Å². The second-order valence-corrected chi connectivity index (χ2v) is 6.49. The number of methoxy groups -OCH3 is 1. The van der Waals surface area contributed by atoms with Gasteiger partial charge in [0.05, 0.1) is 18.4 Å². The lowest BCUT2D eigenvalue weighted by Gasteiger charge is -2.15. The lowest BCUT2D eigenvalue weighted by molar-refractivity contribution is 0.404. The number of nitrogens with zero attached hydrogens (tertiary/aromatic N) is 3. The third kappa shape index (κ3) is 3.36. The minimum absolute atomic E-state index is 0.213. The average Bonchev–Trinajstić information content (AvgIpc) is 2.74. The second kappa shape index (κ2) is 7.59. The lowest BCUT2D eigenvalue weighted by atomic mass is 10.1. The predicted octanol–water partition coefficient (Wildman–Crippen LogP) is 4.16. The molecule has 4 rings (SSSR count). The van der Waals surface area contributed by atoms with Crippen molar-refractivity contribution in [2.45, 2.75) is 6.92 Å². The molecule has 29 heavy (non-hydrogen) atoms. The summed E-state index contributed by atoms with van der Waals surface area (Å²) in [6.45, 7) is 1.88. The molecular weight excluding hydrogens is 366 g/mol. The number of fused-ring (bicyclic) bond motifs is 1. The number of aromatic hydroxyl groups is 1. The van der Waals surface area contributed by atoms with E-state index in [4.69, 9.17) is 4.74 Å². The van der Waals surface area contributed by atoms with E-state index < -0.39 is 0 Å². The van der Waals surface area contributed by atoms with Crippen LogP contribution in [0, 0.1) is 6.92 Å². The fourth-order valence-electron chi connectivity index (χ4n) is 3.26. The fraction of sp³-hybridized carbons (Fsp3) is 0.0870. The van der Waals surface area contributed by atoms with Gasteiger partial charge in [0.2, 0.25) is 5.88 Å². The van der Waals surface area contributed by atoms with Gasteiger partial charge in [0.15, 0.2) is 5.82 Å². The van der Waals surface area contributed by atoms with Gasteiger partial charge in [0.1, 0.15) is 5.75 Å². The van der Waals surface area contributed by atoms with Crippen LogP contribution >= 0.6 is 0 Å². The largest absolute Gasteiger partial charge is 0.495 e. The molecule has 0 bridgehead atoms. The Morgan fingerprint density at radius 3 is 2.48 bits per heavy atom. The number of rotatable bonds is 4. The molecule has 0 aliphatic heterocycles. The minimum Gasteiger partial charge on any atom is -0.495 e. The number of hydrogen-bond acceptors (Lipinski definition) is 5. The van der Waals surface area contributed by atoms with Gasteiger partial charge in [-0.3, -0.25) is 4.79 Å². The Morgan fingerprint density at radius 1 is 1.00 bits per heavy atom. The van der Waals surface area contributed by atoms with Crippen LogP contribution in [0.1, 0.15) is 11.3 Å². The van der Waals surface area contributed by atoms with Gasteiger partial charge in [-0.25, -0.2) is 14.5 Å². The molecule has 0 saturated heterocycles. The highest BCUT2D eigenvalue weighted by Crippen LogP contribution is 2.30. The first-order valence-electron chi connectivity index (χ1n) is 9.08. The van der Waals surface area contributed by atoms with E-state index in [0.29, 0.717) is 33.6 Å². The van der Waals surface area contributed by atoms with Gasteiger partial charge >= 0.3 is 0 Å². The second-order valence-electron chi connectivity index (χ2n) is 6.49. The maximum atomic E-state index is 13.2. The Balaban J connectivity index is 2.01. The standard InChI is InChI=1S/C23H19N3O3/c1-15-8-7-13-21(25-15)24-14-18-16-9-3-4-10-17(16)22(27)26(23(18)28)19-11-5-6-12-20(19)29-2/h3-14,28H,1-2H3/b24-14+. The first kappa shape index (κ1) is 18.4. The molecule has 1 N–H and O–H groups in total. The number of pyridine rings is 2. The highest BCUT2D eigenvalue weighted by molar-refractivity contribution is 6.02. The molecule has 6 nitrogen and oxygen atoms in total. The molecule has 0 aliphatic rings. The number of para-hydroxylation sites is 2. The average molecular weight is 385 g/mol. The topological polar surface area (TPSA) is 76.7 Å². The monoisotopic (exact) mass is 385 g/mol. The van der Waals surface area contributed by atoms with E-state index in [-0.39, 0.29) is 11.4 Å². The molecule has 0 fully saturated rings. The molecule has 0 saturated carbocycles. The summed E-state index contributed by atoms with van der Waals surface area (Å²) in [5, 5.41) is 12.1. The molecule has 0 amide bonds. The van der Waals surface area contributed by atoms with Crippen molar-refractivity contribution in [3.63, 3.8) is 0 Å². The maximum absolute atomic E-state index is 13.2. The van der Waals surface area contributed by atoms with E-state index in [9.17, 15) is 9.90 Å². The van der Waals surface area contributed by atoms with Crippen molar-refractivity contribution in [2.75, 3.05) is 7.11 Å². The zero-order valence-electron chi connectivity index (χ0n) is 16.0. The van der Waals surface area contributed by atoms with Crippen molar-refractivity contribution < 1.29 is 9.84 Å². The summed E-state index contributed by atoms with van der Waals surface area (Å²) in [5.41, 5.74) is 1.38. The molecule has 2 aromatic heterocycles. The molecule has 0 spiro atoms. The number of hydrogen-bond donors (Lipinski definition) is 1. The Labute approximate surface area is 167 Å². The fourth-order valence-corrected chi connectivity index (χ4v) is 3.26. The Morgan fingerprint density at radius 2 is 1.72 bits per heavy atom. The molecule has 144 valence electrons. The summed E-state index contributed by atoms with van der Waals surface area (Å²) < 4.78 is 6.63. The van der Waals surface area contributed by atoms with Crippen LogP contribution in [0.15, 0.2) is 76.5 Å². The van der Waals surface area contributed by atoms with Gasteiger partial charge in [-0.2, -0.15) is 0 Å². The van der Waals surface area contributed by atoms with Crippen LogP contribution in [0.3, 0.4) is 0 Å². The third-order valence-electron chi connectivity index (χ3n) is 4.63. The van der Waals surface area contributed by atoms with E-state index >= 15 is 0 Å². The number of ether oxygens (including phenoxy) is 1. The zero-order valence-corrected chi connectivity index (χ0v) is 16.0. The van der Waals surface area contributed by atoms with Crippen LogP contribution in [0.2, 0.25) is 0 Å². The van der Waals surface area contributed by atoms with Crippen LogP contribution in [-0.2, 0) is 0 Å².